The average molecular weight is 467 g/mol. The highest BCUT2D eigenvalue weighted by molar-refractivity contribution is 6.46. The summed E-state index contributed by atoms with van der Waals surface area (Å²) in [5.41, 5.74) is 1.46. The van der Waals surface area contributed by atoms with Crippen LogP contribution >= 0.6 is 0 Å². The third kappa shape index (κ3) is 4.44. The van der Waals surface area contributed by atoms with E-state index in [1.807, 2.05) is 6.92 Å². The van der Waals surface area contributed by atoms with Crippen LogP contribution < -0.4 is 4.74 Å². The molecule has 4 rings (SSSR count). The fraction of sp³-hybridized carbons (Fsp3) is 0.407. The summed E-state index contributed by atoms with van der Waals surface area (Å²) in [6.07, 6.45) is 1.35. The van der Waals surface area contributed by atoms with Crippen molar-refractivity contribution in [3.63, 3.8) is 0 Å². The van der Waals surface area contributed by atoms with Crippen LogP contribution in [-0.2, 0) is 16.0 Å². The van der Waals surface area contributed by atoms with Gasteiger partial charge < -0.3 is 19.6 Å². The first-order chi connectivity index (χ1) is 16.3. The number of Topliss-reactive ketones (excluding diaryl/α,β-unsaturated/α-hetero) is 1. The molecule has 34 heavy (non-hydrogen) atoms. The molecule has 0 bridgehead atoms. The van der Waals surface area contributed by atoms with Crippen molar-refractivity contribution in [2.24, 2.45) is 0 Å². The lowest BCUT2D eigenvalue weighted by atomic mass is 9.94. The zero-order valence-electron chi connectivity index (χ0n) is 19.9. The molecular weight excluding hydrogens is 435 g/mol. The van der Waals surface area contributed by atoms with E-state index >= 15 is 0 Å². The van der Waals surface area contributed by atoms with Gasteiger partial charge in [0, 0.05) is 24.1 Å². The van der Waals surface area contributed by atoms with Gasteiger partial charge in [0.15, 0.2) is 0 Å². The van der Waals surface area contributed by atoms with E-state index in [9.17, 15) is 19.1 Å². The van der Waals surface area contributed by atoms with Gasteiger partial charge in [-0.3, -0.25) is 9.59 Å². The molecule has 0 unspecified atom stereocenters. The van der Waals surface area contributed by atoms with Gasteiger partial charge in [0.1, 0.15) is 23.4 Å². The first-order valence-corrected chi connectivity index (χ1v) is 11.9. The van der Waals surface area contributed by atoms with Crippen molar-refractivity contribution >= 4 is 17.4 Å². The van der Waals surface area contributed by atoms with Crippen molar-refractivity contribution in [1.29, 1.82) is 0 Å². The Morgan fingerprint density at radius 1 is 1.18 bits per heavy atom. The van der Waals surface area contributed by atoms with Crippen molar-refractivity contribution in [2.45, 2.75) is 45.8 Å². The zero-order valence-corrected chi connectivity index (χ0v) is 19.9. The third-order valence-electron chi connectivity index (χ3n) is 6.68. The molecule has 6 nitrogen and oxygen atoms in total. The molecule has 1 amide bonds. The molecular formula is C27H31FN2O4. The molecule has 0 spiro atoms. The highest BCUT2D eigenvalue weighted by atomic mass is 19.1. The Morgan fingerprint density at radius 3 is 2.62 bits per heavy atom. The van der Waals surface area contributed by atoms with Crippen LogP contribution in [0.15, 0.2) is 48.0 Å². The van der Waals surface area contributed by atoms with E-state index in [2.05, 4.69) is 18.7 Å². The number of likely N-dealkylation sites (tertiary alicyclic amines) is 1. The largest absolute Gasteiger partial charge is 0.507 e. The Balaban J connectivity index is 1.74. The second-order valence-corrected chi connectivity index (χ2v) is 8.85. The summed E-state index contributed by atoms with van der Waals surface area (Å²) in [7, 11) is 0. The number of aliphatic hydroxyl groups excluding tert-OH is 1. The number of fused-ring (bicyclic) bond motifs is 1. The van der Waals surface area contributed by atoms with Gasteiger partial charge >= 0.3 is 0 Å². The number of benzene rings is 2. The van der Waals surface area contributed by atoms with Crippen LogP contribution in [0.25, 0.3) is 5.76 Å². The van der Waals surface area contributed by atoms with E-state index in [-0.39, 0.29) is 29.5 Å². The van der Waals surface area contributed by atoms with E-state index in [0.29, 0.717) is 18.4 Å². The number of ketones is 1. The van der Waals surface area contributed by atoms with Crippen molar-refractivity contribution in [2.75, 3.05) is 26.2 Å². The second kappa shape index (κ2) is 9.97. The maximum atomic E-state index is 14.9. The summed E-state index contributed by atoms with van der Waals surface area (Å²) in [5.74, 6) is -1.58. The number of hydrogen-bond acceptors (Lipinski definition) is 5. The smallest absolute Gasteiger partial charge is 0.295 e. The Labute approximate surface area is 199 Å². The molecule has 1 N–H and O–H groups in total. The first-order valence-electron chi connectivity index (χ1n) is 11.9. The minimum atomic E-state index is -0.985. The Hall–Kier alpha value is -3.19. The molecule has 2 aromatic carbocycles. The maximum Gasteiger partial charge on any atom is 0.295 e. The fourth-order valence-corrected chi connectivity index (χ4v) is 4.86. The second-order valence-electron chi connectivity index (χ2n) is 8.85. The molecule has 0 saturated carbocycles. The summed E-state index contributed by atoms with van der Waals surface area (Å²) in [6.45, 7) is 8.89. The van der Waals surface area contributed by atoms with Crippen LogP contribution in [-0.4, -0.2) is 58.9 Å². The zero-order chi connectivity index (χ0) is 24.4. The van der Waals surface area contributed by atoms with Crippen LogP contribution in [0.5, 0.6) is 5.75 Å². The van der Waals surface area contributed by atoms with Gasteiger partial charge in [0.05, 0.1) is 11.6 Å². The lowest BCUT2D eigenvalue weighted by Gasteiger charge is -2.27. The molecule has 0 aliphatic carbocycles. The van der Waals surface area contributed by atoms with Gasteiger partial charge in [-0.2, -0.15) is 0 Å². The van der Waals surface area contributed by atoms with E-state index in [0.717, 1.165) is 30.9 Å². The number of nitrogens with zero attached hydrogens (tertiary/aromatic N) is 2. The van der Waals surface area contributed by atoms with E-state index in [4.69, 9.17) is 4.74 Å². The van der Waals surface area contributed by atoms with Gasteiger partial charge in [-0.25, -0.2) is 4.39 Å². The molecule has 1 saturated heterocycles. The van der Waals surface area contributed by atoms with E-state index in [1.165, 1.54) is 11.0 Å². The minimum Gasteiger partial charge on any atom is -0.507 e. The van der Waals surface area contributed by atoms with Crippen LogP contribution in [0.2, 0.25) is 0 Å². The highest BCUT2D eigenvalue weighted by Crippen LogP contribution is 2.41. The van der Waals surface area contributed by atoms with Gasteiger partial charge in [-0.1, -0.05) is 32.0 Å². The van der Waals surface area contributed by atoms with Crippen molar-refractivity contribution < 1.29 is 23.8 Å². The number of aliphatic hydroxyl groups is 1. The summed E-state index contributed by atoms with van der Waals surface area (Å²) in [5, 5.41) is 11.2. The third-order valence-corrected chi connectivity index (χ3v) is 6.68. The molecule has 2 aliphatic heterocycles. The van der Waals surface area contributed by atoms with Crippen molar-refractivity contribution in [1.82, 2.24) is 9.80 Å². The van der Waals surface area contributed by atoms with Crippen LogP contribution in [0.4, 0.5) is 4.39 Å². The minimum absolute atomic E-state index is 0.0298. The Morgan fingerprint density at radius 2 is 1.91 bits per heavy atom. The lowest BCUT2D eigenvalue weighted by Crippen LogP contribution is -2.33. The molecule has 2 aliphatic rings. The molecule has 0 radical (unpaired) electrons. The Kier molecular flexibility index (Phi) is 7.03. The van der Waals surface area contributed by atoms with E-state index in [1.54, 1.807) is 36.4 Å². The Bertz CT molecular complexity index is 1130. The van der Waals surface area contributed by atoms with Crippen LogP contribution in [0.3, 0.4) is 0 Å². The van der Waals surface area contributed by atoms with Crippen molar-refractivity contribution in [3.05, 3.63) is 70.5 Å². The number of rotatable bonds is 8. The standard InChI is InChI=1S/C27H31FN2O4/c1-4-29(5-2)13-8-14-30-24(20-9-6-7-10-21(20)28)23(26(32)27(30)33)25(31)18-11-12-22-19(16-18)15-17(3)34-22/h6-7,9-12,16-17,24,31H,4-5,8,13-15H2,1-3H3/t17-,24+/m0/s1. The van der Waals surface area contributed by atoms with Gasteiger partial charge in [0.2, 0.25) is 0 Å². The number of carbonyl (C=O) groups excluding carboxylic acids is 2. The summed E-state index contributed by atoms with van der Waals surface area (Å²) in [6, 6.07) is 10.3. The lowest BCUT2D eigenvalue weighted by molar-refractivity contribution is -0.140. The molecule has 2 aromatic rings. The number of ether oxygens (including phenoxy) is 1. The molecule has 0 aromatic heterocycles. The quantitative estimate of drug-likeness (QED) is 0.357. The van der Waals surface area contributed by atoms with Crippen LogP contribution in [0, 0.1) is 5.82 Å². The van der Waals surface area contributed by atoms with Gasteiger partial charge in [-0.15, -0.1) is 0 Å². The summed E-state index contributed by atoms with van der Waals surface area (Å²) in [4.78, 5) is 29.8. The normalized spacial score (nSPS) is 21.3. The molecule has 2 heterocycles. The maximum absolute atomic E-state index is 14.9. The molecule has 7 heteroatoms. The van der Waals surface area contributed by atoms with Gasteiger partial charge in [0.25, 0.3) is 11.7 Å². The molecule has 1 fully saturated rings. The highest BCUT2D eigenvalue weighted by Gasteiger charge is 2.46. The predicted octanol–water partition coefficient (Wildman–Crippen LogP) is 4.30. The van der Waals surface area contributed by atoms with E-state index < -0.39 is 23.5 Å². The van der Waals surface area contributed by atoms with Crippen LogP contribution in [0.1, 0.15) is 49.9 Å². The predicted molar refractivity (Wildman–Crippen MR) is 128 cm³/mol. The SMILES string of the molecule is CCN(CC)CCCN1C(=O)C(=O)C(=C(O)c2ccc3c(c2)C[C@H](C)O3)[C@H]1c1ccccc1F. The number of hydrogen-bond donors (Lipinski definition) is 1. The van der Waals surface area contributed by atoms with Gasteiger partial charge in [-0.05, 0) is 62.8 Å². The number of amides is 1. The summed E-state index contributed by atoms with van der Waals surface area (Å²) >= 11 is 0. The summed E-state index contributed by atoms with van der Waals surface area (Å²) < 4.78 is 20.6. The first kappa shape index (κ1) is 24.0. The van der Waals surface area contributed by atoms with Crippen molar-refractivity contribution in [3.8, 4) is 5.75 Å². The number of carbonyl (C=O) groups is 2. The molecule has 2 atom stereocenters. The topological polar surface area (TPSA) is 70.1 Å². The number of halogens is 1. The molecule has 180 valence electrons. The fourth-order valence-electron chi connectivity index (χ4n) is 4.86. The average Bonchev–Trinajstić information content (AvgIpc) is 3.32. The monoisotopic (exact) mass is 466 g/mol.